The number of benzene rings is 1. The van der Waals surface area contributed by atoms with Crippen molar-refractivity contribution in [3.8, 4) is 5.75 Å². The lowest BCUT2D eigenvalue weighted by atomic mass is 9.59. The normalized spacial score (nSPS) is 26.0. The van der Waals surface area contributed by atoms with Gasteiger partial charge in [-0.3, -0.25) is 4.79 Å². The van der Waals surface area contributed by atoms with Crippen LogP contribution in [0.5, 0.6) is 5.75 Å². The van der Waals surface area contributed by atoms with Gasteiger partial charge in [-0.2, -0.15) is 0 Å². The number of carbonyl (C=O) groups is 1. The molecule has 1 N–H and O–H groups in total. The lowest BCUT2D eigenvalue weighted by Crippen LogP contribution is -2.46. The number of rotatable bonds is 5. The number of ether oxygens (including phenoxy) is 1. The molecule has 0 amide bonds. The minimum absolute atomic E-state index is 0.484. The van der Waals surface area contributed by atoms with Crippen LogP contribution >= 0.6 is 0 Å². The molecule has 0 bridgehead atoms. The minimum Gasteiger partial charge on any atom is -0.493 e. The highest BCUT2D eigenvalue weighted by Crippen LogP contribution is 2.48. The zero-order chi connectivity index (χ0) is 14.0. The quantitative estimate of drug-likeness (QED) is 0.883. The topological polar surface area (TPSA) is 46.5 Å². The molecule has 2 rings (SSSR count). The second-order valence-corrected chi connectivity index (χ2v) is 6.13. The second-order valence-electron chi connectivity index (χ2n) is 6.13. The van der Waals surface area contributed by atoms with E-state index in [1.807, 2.05) is 24.3 Å². The van der Waals surface area contributed by atoms with Gasteiger partial charge in [0.05, 0.1) is 12.0 Å². The maximum Gasteiger partial charge on any atom is 0.314 e. The van der Waals surface area contributed by atoms with Crippen molar-refractivity contribution in [2.24, 2.45) is 11.8 Å². The standard InChI is InChI=1S/C16H22O3/c1-11(2)10-19-14-6-4-13(5-7-14)16(15(17)18)8-12(3)9-16/h4-7,11-12H,8-10H2,1-3H3,(H,17,18). The van der Waals surface area contributed by atoms with Crippen molar-refractivity contribution in [3.63, 3.8) is 0 Å². The highest BCUT2D eigenvalue weighted by atomic mass is 16.5. The number of carboxylic acid groups (broad SMARTS) is 1. The average Bonchev–Trinajstić information content (AvgIpc) is 2.32. The Morgan fingerprint density at radius 3 is 2.37 bits per heavy atom. The summed E-state index contributed by atoms with van der Waals surface area (Å²) in [6.45, 7) is 6.98. The molecule has 0 radical (unpaired) electrons. The summed E-state index contributed by atoms with van der Waals surface area (Å²) in [5, 5.41) is 9.47. The highest BCUT2D eigenvalue weighted by Gasteiger charge is 2.49. The number of aliphatic carboxylic acids is 1. The molecule has 3 heteroatoms. The van der Waals surface area contributed by atoms with Crippen LogP contribution < -0.4 is 4.74 Å². The van der Waals surface area contributed by atoms with Gasteiger partial charge in [-0.15, -0.1) is 0 Å². The lowest BCUT2D eigenvalue weighted by Gasteiger charge is -2.43. The molecule has 1 fully saturated rings. The number of hydrogen-bond donors (Lipinski definition) is 1. The van der Waals surface area contributed by atoms with E-state index in [1.54, 1.807) is 0 Å². The summed E-state index contributed by atoms with van der Waals surface area (Å²) in [5.41, 5.74) is 0.228. The van der Waals surface area contributed by atoms with E-state index in [9.17, 15) is 9.90 Å². The van der Waals surface area contributed by atoms with Gasteiger partial charge in [0.1, 0.15) is 5.75 Å². The predicted molar refractivity (Wildman–Crippen MR) is 74.5 cm³/mol. The van der Waals surface area contributed by atoms with Crippen LogP contribution in [0, 0.1) is 11.8 Å². The molecular formula is C16H22O3. The first-order chi connectivity index (χ1) is 8.94. The summed E-state index contributed by atoms with van der Waals surface area (Å²) >= 11 is 0. The highest BCUT2D eigenvalue weighted by molar-refractivity contribution is 5.82. The summed E-state index contributed by atoms with van der Waals surface area (Å²) in [5.74, 6) is 1.08. The Hall–Kier alpha value is -1.51. The molecule has 0 aliphatic heterocycles. The zero-order valence-electron chi connectivity index (χ0n) is 11.8. The van der Waals surface area contributed by atoms with E-state index in [1.165, 1.54) is 0 Å². The largest absolute Gasteiger partial charge is 0.493 e. The SMILES string of the molecule is CC(C)COc1ccc(C2(C(=O)O)CC(C)C2)cc1. The molecule has 1 aliphatic rings. The van der Waals surface area contributed by atoms with E-state index in [0.29, 0.717) is 18.4 Å². The van der Waals surface area contributed by atoms with Gasteiger partial charge < -0.3 is 9.84 Å². The van der Waals surface area contributed by atoms with Crippen molar-refractivity contribution >= 4 is 5.97 Å². The third-order valence-corrected chi connectivity index (χ3v) is 3.79. The van der Waals surface area contributed by atoms with Crippen molar-refractivity contribution in [1.29, 1.82) is 0 Å². The Kier molecular flexibility index (Phi) is 3.83. The van der Waals surface area contributed by atoms with Gasteiger partial charge in [0.15, 0.2) is 0 Å². The molecule has 0 unspecified atom stereocenters. The third kappa shape index (κ3) is 2.75. The van der Waals surface area contributed by atoms with Gasteiger partial charge in [0, 0.05) is 0 Å². The third-order valence-electron chi connectivity index (χ3n) is 3.79. The molecule has 104 valence electrons. The summed E-state index contributed by atoms with van der Waals surface area (Å²) in [6.07, 6.45) is 1.46. The molecule has 0 spiro atoms. The van der Waals surface area contributed by atoms with Crippen molar-refractivity contribution < 1.29 is 14.6 Å². The molecule has 3 nitrogen and oxygen atoms in total. The maximum atomic E-state index is 11.5. The molecule has 0 heterocycles. The summed E-state index contributed by atoms with van der Waals surface area (Å²) in [6, 6.07) is 7.56. The van der Waals surface area contributed by atoms with Crippen LogP contribution in [0.3, 0.4) is 0 Å². The van der Waals surface area contributed by atoms with Crippen molar-refractivity contribution in [3.05, 3.63) is 29.8 Å². The van der Waals surface area contributed by atoms with E-state index in [4.69, 9.17) is 4.74 Å². The Morgan fingerprint density at radius 2 is 1.95 bits per heavy atom. The van der Waals surface area contributed by atoms with Crippen molar-refractivity contribution in [2.75, 3.05) is 6.61 Å². The maximum absolute atomic E-state index is 11.5. The molecule has 1 aromatic rings. The molecule has 19 heavy (non-hydrogen) atoms. The first kappa shape index (κ1) is 13.9. The number of hydrogen-bond acceptors (Lipinski definition) is 2. The van der Waals surface area contributed by atoms with Crippen molar-refractivity contribution in [2.45, 2.75) is 39.0 Å². The van der Waals surface area contributed by atoms with E-state index in [-0.39, 0.29) is 0 Å². The predicted octanol–water partition coefficient (Wildman–Crippen LogP) is 3.47. The van der Waals surface area contributed by atoms with Crippen LogP contribution in [0.2, 0.25) is 0 Å². The van der Waals surface area contributed by atoms with Gasteiger partial charge in [-0.25, -0.2) is 0 Å². The average molecular weight is 262 g/mol. The smallest absolute Gasteiger partial charge is 0.314 e. The number of carboxylic acids is 1. The monoisotopic (exact) mass is 262 g/mol. The first-order valence-corrected chi connectivity index (χ1v) is 6.91. The molecule has 0 atom stereocenters. The minimum atomic E-state index is -0.707. The van der Waals surface area contributed by atoms with E-state index in [0.717, 1.165) is 24.2 Å². The van der Waals surface area contributed by atoms with Gasteiger partial charge in [0.2, 0.25) is 0 Å². The van der Waals surface area contributed by atoms with Crippen molar-refractivity contribution in [1.82, 2.24) is 0 Å². The fourth-order valence-corrected chi connectivity index (χ4v) is 2.80. The van der Waals surface area contributed by atoms with Gasteiger partial charge in [-0.05, 0) is 42.4 Å². The van der Waals surface area contributed by atoms with E-state index in [2.05, 4.69) is 20.8 Å². The van der Waals surface area contributed by atoms with Gasteiger partial charge >= 0.3 is 5.97 Å². The van der Waals surface area contributed by atoms with Gasteiger partial charge in [-0.1, -0.05) is 32.9 Å². The van der Waals surface area contributed by atoms with E-state index < -0.39 is 11.4 Å². The summed E-state index contributed by atoms with van der Waals surface area (Å²) in [4.78, 5) is 11.5. The first-order valence-electron chi connectivity index (χ1n) is 6.91. The Balaban J connectivity index is 2.11. The molecule has 1 saturated carbocycles. The fraction of sp³-hybridized carbons (Fsp3) is 0.562. The zero-order valence-corrected chi connectivity index (χ0v) is 11.8. The van der Waals surface area contributed by atoms with Crippen LogP contribution in [0.15, 0.2) is 24.3 Å². The van der Waals surface area contributed by atoms with Crippen LogP contribution in [0.4, 0.5) is 0 Å². The molecule has 1 aliphatic carbocycles. The van der Waals surface area contributed by atoms with Crippen LogP contribution in [-0.2, 0) is 10.2 Å². The Bertz CT molecular complexity index is 442. The second kappa shape index (κ2) is 5.24. The summed E-state index contributed by atoms with van der Waals surface area (Å²) in [7, 11) is 0. The van der Waals surface area contributed by atoms with Crippen LogP contribution in [-0.4, -0.2) is 17.7 Å². The fourth-order valence-electron chi connectivity index (χ4n) is 2.80. The van der Waals surface area contributed by atoms with Crippen LogP contribution in [0.1, 0.15) is 39.2 Å². The summed E-state index contributed by atoms with van der Waals surface area (Å²) < 4.78 is 5.62. The lowest BCUT2D eigenvalue weighted by molar-refractivity contribution is -0.149. The Morgan fingerprint density at radius 1 is 1.37 bits per heavy atom. The molecule has 0 saturated heterocycles. The molecular weight excluding hydrogens is 240 g/mol. The Labute approximate surface area is 114 Å². The molecule has 0 aromatic heterocycles. The van der Waals surface area contributed by atoms with Crippen LogP contribution in [0.25, 0.3) is 0 Å². The van der Waals surface area contributed by atoms with E-state index >= 15 is 0 Å². The van der Waals surface area contributed by atoms with Gasteiger partial charge in [0.25, 0.3) is 0 Å². The molecule has 1 aromatic carbocycles.